The van der Waals surface area contributed by atoms with Gasteiger partial charge in [-0.25, -0.2) is 0 Å². The summed E-state index contributed by atoms with van der Waals surface area (Å²) < 4.78 is 25.1. The van der Waals surface area contributed by atoms with Gasteiger partial charge in [-0.05, 0) is 0 Å². The Morgan fingerprint density at radius 3 is 3.45 bits per heavy atom. The van der Waals surface area contributed by atoms with E-state index in [9.17, 15) is 4.79 Å². The molecule has 0 spiro atoms. The predicted molar refractivity (Wildman–Crippen MR) is 40.5 cm³/mol. The quantitative estimate of drug-likeness (QED) is 0.599. The largest absolute Gasteiger partial charge is 0.492 e. The molecule has 0 amide bonds. The fraction of sp³-hybridized carbons (Fsp3) is 0.571. The van der Waals surface area contributed by atoms with Gasteiger partial charge in [0.05, 0.1) is 17.8 Å². The molecule has 0 atom stereocenters. The zero-order chi connectivity index (χ0) is 10.8. The van der Waals surface area contributed by atoms with Crippen molar-refractivity contribution >= 4 is 5.78 Å². The highest BCUT2D eigenvalue weighted by Gasteiger charge is 2.17. The zero-order valence-electron chi connectivity index (χ0n) is 9.04. The number of ketones is 1. The molecule has 0 fully saturated rings. The van der Waals surface area contributed by atoms with Gasteiger partial charge in [0.15, 0.2) is 5.76 Å². The van der Waals surface area contributed by atoms with E-state index in [-0.39, 0.29) is 24.6 Å². The highest BCUT2D eigenvalue weighted by atomic mass is 16.5. The van der Waals surface area contributed by atoms with Gasteiger partial charge in [0.1, 0.15) is 0 Å². The Morgan fingerprint density at radius 2 is 2.82 bits per heavy atom. The summed E-state index contributed by atoms with van der Waals surface area (Å²) in [7, 11) is -2.58. The van der Waals surface area contributed by atoms with Crippen molar-refractivity contribution in [2.45, 2.75) is 6.42 Å². The molecule has 1 aliphatic heterocycles. The summed E-state index contributed by atoms with van der Waals surface area (Å²) in [6.07, 6.45) is 1.58. The number of rotatable bonds is 2. The number of ether oxygens (including phenoxy) is 1. The van der Waals surface area contributed by atoms with Crippen molar-refractivity contribution in [1.82, 2.24) is 4.90 Å². The van der Waals surface area contributed by atoms with E-state index < -0.39 is 7.04 Å². The van der Waals surface area contributed by atoms with Crippen LogP contribution in [0.15, 0.2) is 12.0 Å². The van der Waals surface area contributed by atoms with Crippen molar-refractivity contribution in [3.63, 3.8) is 0 Å². The van der Waals surface area contributed by atoms with Crippen LogP contribution in [0, 0.1) is 0 Å². The van der Waals surface area contributed by atoms with Crippen molar-refractivity contribution in [2.75, 3.05) is 20.3 Å². The minimum absolute atomic E-state index is 0.137. The lowest BCUT2D eigenvalue weighted by molar-refractivity contribution is -0.119. The molecule has 0 aromatic rings. The lowest BCUT2D eigenvalue weighted by Gasteiger charge is -2.22. The summed E-state index contributed by atoms with van der Waals surface area (Å²) in [5.41, 5.74) is 5.35. The maximum atomic E-state index is 11.2. The lowest BCUT2D eigenvalue weighted by atomic mass is 10.2. The molecular weight excluding hydrogens is 144 g/mol. The van der Waals surface area contributed by atoms with Gasteiger partial charge in [-0.15, -0.1) is 0 Å². The fourth-order valence-electron chi connectivity index (χ4n) is 0.898. The normalized spacial score (nSPS) is 23.4. The van der Waals surface area contributed by atoms with Crippen LogP contribution in [0.1, 0.15) is 10.5 Å². The van der Waals surface area contributed by atoms with Gasteiger partial charge in [-0.3, -0.25) is 4.79 Å². The molecule has 0 aromatic carbocycles. The van der Waals surface area contributed by atoms with Gasteiger partial charge >= 0.3 is 0 Å². The van der Waals surface area contributed by atoms with Gasteiger partial charge in [-0.1, -0.05) is 0 Å². The first kappa shape index (κ1) is 4.77. The number of nitrogens with zero attached hydrogens (tertiary/aromatic N) is 1. The van der Waals surface area contributed by atoms with E-state index in [0.29, 0.717) is 6.54 Å². The van der Waals surface area contributed by atoms with Crippen LogP contribution in [-0.2, 0) is 9.53 Å². The molecule has 11 heavy (non-hydrogen) atoms. The van der Waals surface area contributed by atoms with Crippen LogP contribution in [0.2, 0.25) is 0 Å². The van der Waals surface area contributed by atoms with Crippen LogP contribution in [0.4, 0.5) is 0 Å². The molecule has 4 heteroatoms. The molecule has 4 nitrogen and oxygen atoms in total. The molecule has 2 N–H and O–H groups in total. The lowest BCUT2D eigenvalue weighted by Crippen LogP contribution is -2.32. The van der Waals surface area contributed by atoms with Crippen molar-refractivity contribution in [1.29, 1.82) is 0 Å². The van der Waals surface area contributed by atoms with E-state index in [0.717, 1.165) is 0 Å². The Hall–Kier alpha value is -1.03. The molecule has 0 bridgehead atoms. The van der Waals surface area contributed by atoms with Crippen molar-refractivity contribution in [2.24, 2.45) is 5.73 Å². The Balaban J connectivity index is 2.73. The molecule has 0 radical (unpaired) electrons. The first-order chi connectivity index (χ1) is 6.42. The Bertz CT molecular complexity index is 262. The number of hydrogen-bond acceptors (Lipinski definition) is 4. The third-order valence-corrected chi connectivity index (χ3v) is 1.55. The zero-order valence-corrected chi connectivity index (χ0v) is 6.04. The predicted octanol–water partition coefficient (Wildman–Crippen LogP) is -0.335. The first-order valence-corrected chi connectivity index (χ1v) is 3.30. The third-order valence-electron chi connectivity index (χ3n) is 1.55. The van der Waals surface area contributed by atoms with Crippen LogP contribution >= 0.6 is 0 Å². The maximum absolute atomic E-state index is 11.2. The average Bonchev–Trinajstić information content (AvgIpc) is 2.06. The highest BCUT2D eigenvalue weighted by Crippen LogP contribution is 2.09. The van der Waals surface area contributed by atoms with Crippen molar-refractivity contribution < 1.29 is 13.6 Å². The SMILES string of the molecule is [2H]C([2H])([2H])OC1=CN(CN)CCC1=O. The van der Waals surface area contributed by atoms with Crippen molar-refractivity contribution in [3.05, 3.63) is 12.0 Å². The summed E-state index contributed by atoms with van der Waals surface area (Å²) in [4.78, 5) is 12.9. The van der Waals surface area contributed by atoms with Crippen molar-refractivity contribution in [3.8, 4) is 0 Å². The minimum atomic E-state index is -2.58. The molecule has 0 saturated heterocycles. The average molecular weight is 159 g/mol. The van der Waals surface area contributed by atoms with Crippen LogP contribution in [0.5, 0.6) is 0 Å². The molecule has 1 rings (SSSR count). The number of carbonyl (C=O) groups is 1. The smallest absolute Gasteiger partial charge is 0.200 e. The number of nitrogens with two attached hydrogens (primary N) is 1. The van der Waals surface area contributed by atoms with Crippen LogP contribution in [-0.4, -0.2) is 30.9 Å². The van der Waals surface area contributed by atoms with Gasteiger partial charge in [0.2, 0.25) is 5.78 Å². The molecule has 0 saturated carbocycles. The second kappa shape index (κ2) is 3.39. The second-order valence-corrected chi connectivity index (χ2v) is 2.26. The third kappa shape index (κ3) is 1.71. The molecule has 62 valence electrons. The maximum Gasteiger partial charge on any atom is 0.200 e. The Morgan fingerprint density at radius 1 is 2.00 bits per heavy atom. The molecule has 1 heterocycles. The van der Waals surface area contributed by atoms with E-state index >= 15 is 0 Å². The van der Waals surface area contributed by atoms with Gasteiger partial charge < -0.3 is 15.4 Å². The van der Waals surface area contributed by atoms with E-state index in [1.54, 1.807) is 4.90 Å². The van der Waals surface area contributed by atoms with E-state index in [2.05, 4.69) is 4.74 Å². The van der Waals surface area contributed by atoms with Gasteiger partial charge in [0.25, 0.3) is 0 Å². The summed E-state index contributed by atoms with van der Waals surface area (Å²) in [6.45, 7) is 0.740. The highest BCUT2D eigenvalue weighted by molar-refractivity contribution is 5.94. The summed E-state index contributed by atoms with van der Waals surface area (Å²) in [5.74, 6) is -0.437. The van der Waals surface area contributed by atoms with Crippen LogP contribution in [0.25, 0.3) is 0 Å². The molecule has 0 unspecified atom stereocenters. The summed E-state index contributed by atoms with van der Waals surface area (Å²) in [6, 6.07) is 0. The minimum Gasteiger partial charge on any atom is -0.492 e. The standard InChI is InChI=1S/C7H12N2O2/c1-11-7-4-9(5-8)3-2-6(7)10/h4H,2-3,5,8H2,1H3/i1D3. The van der Waals surface area contributed by atoms with Gasteiger partial charge in [0, 0.05) is 19.2 Å². The molecule has 0 aromatic heterocycles. The number of allylic oxidation sites excluding steroid dienone is 1. The van der Waals surface area contributed by atoms with E-state index in [1.807, 2.05) is 0 Å². The molecule has 1 aliphatic rings. The number of hydrogen-bond donors (Lipinski definition) is 1. The summed E-state index contributed by atoms with van der Waals surface area (Å²) in [5, 5.41) is 0. The van der Waals surface area contributed by atoms with E-state index in [1.165, 1.54) is 6.20 Å². The Labute approximate surface area is 69.8 Å². The first-order valence-electron chi connectivity index (χ1n) is 4.80. The van der Waals surface area contributed by atoms with Crippen LogP contribution < -0.4 is 5.73 Å². The second-order valence-electron chi connectivity index (χ2n) is 2.26. The number of methoxy groups -OCH3 is 1. The molecule has 0 aliphatic carbocycles. The molecular formula is C7H12N2O2. The number of carbonyl (C=O) groups excluding carboxylic acids is 1. The van der Waals surface area contributed by atoms with E-state index in [4.69, 9.17) is 9.85 Å². The summed E-state index contributed by atoms with van der Waals surface area (Å²) >= 11 is 0. The van der Waals surface area contributed by atoms with Crippen LogP contribution in [0.3, 0.4) is 0 Å². The van der Waals surface area contributed by atoms with Gasteiger partial charge in [-0.2, -0.15) is 0 Å². The monoisotopic (exact) mass is 159 g/mol. The Kier molecular flexibility index (Phi) is 1.47. The topological polar surface area (TPSA) is 55.6 Å². The fourth-order valence-corrected chi connectivity index (χ4v) is 0.898. The number of Topliss-reactive ketones (excluding diaryl/α,β-unsaturated/α-hetero) is 1.